The van der Waals surface area contributed by atoms with Gasteiger partial charge in [-0.1, -0.05) is 18.5 Å². The van der Waals surface area contributed by atoms with Crippen molar-refractivity contribution in [2.75, 3.05) is 18.4 Å². The Kier molecular flexibility index (Phi) is 5.88. The Morgan fingerprint density at radius 3 is 2.81 bits per heavy atom. The molecule has 2 N–H and O–H groups in total. The molecule has 1 aliphatic heterocycles. The van der Waals surface area contributed by atoms with E-state index in [2.05, 4.69) is 32.3 Å². The van der Waals surface area contributed by atoms with Crippen molar-refractivity contribution in [1.29, 1.82) is 0 Å². The molecule has 2 atom stereocenters. The molecule has 1 fully saturated rings. The van der Waals surface area contributed by atoms with Crippen LogP contribution in [0.1, 0.15) is 48.2 Å². The molecule has 2 aromatic rings. The molecule has 0 spiro atoms. The number of rotatable bonds is 6. The van der Waals surface area contributed by atoms with Gasteiger partial charge in [-0.3, -0.25) is 4.90 Å². The molecule has 0 unspecified atom stereocenters. The first kappa shape index (κ1) is 18.8. The summed E-state index contributed by atoms with van der Waals surface area (Å²) in [4.78, 5) is 11.1. The van der Waals surface area contributed by atoms with Crippen LogP contribution in [-0.4, -0.2) is 50.4 Å². The first-order valence-electron chi connectivity index (χ1n) is 9.39. The van der Waals surface area contributed by atoms with E-state index < -0.39 is 6.10 Å². The summed E-state index contributed by atoms with van der Waals surface area (Å²) in [6.07, 6.45) is 4.28. The molecule has 0 radical (unpaired) electrons. The van der Waals surface area contributed by atoms with Crippen LogP contribution in [0.3, 0.4) is 0 Å². The van der Waals surface area contributed by atoms with E-state index in [1.54, 1.807) is 0 Å². The summed E-state index contributed by atoms with van der Waals surface area (Å²) < 4.78 is 5.25. The van der Waals surface area contributed by atoms with Crippen molar-refractivity contribution in [1.82, 2.24) is 20.0 Å². The van der Waals surface area contributed by atoms with Crippen LogP contribution in [0.5, 0.6) is 0 Å². The van der Waals surface area contributed by atoms with Gasteiger partial charge in [-0.2, -0.15) is 0 Å². The molecular weight excluding hydrogens is 330 g/mol. The van der Waals surface area contributed by atoms with Crippen LogP contribution < -0.4 is 5.32 Å². The molecule has 0 amide bonds. The van der Waals surface area contributed by atoms with Crippen molar-refractivity contribution in [2.45, 2.75) is 65.6 Å². The quantitative estimate of drug-likeness (QED) is 0.819. The lowest BCUT2D eigenvalue weighted by Gasteiger charge is -2.36. The highest BCUT2D eigenvalue weighted by Crippen LogP contribution is 2.22. The topological polar surface area (TPSA) is 87.3 Å². The Hall–Kier alpha value is -1.99. The zero-order valence-corrected chi connectivity index (χ0v) is 16.1. The third-order valence-corrected chi connectivity index (χ3v) is 5.06. The molecule has 0 bridgehead atoms. The second-order valence-electron chi connectivity index (χ2n) is 7.19. The molecule has 0 aromatic carbocycles. The van der Waals surface area contributed by atoms with E-state index in [9.17, 15) is 5.11 Å². The highest BCUT2D eigenvalue weighted by molar-refractivity contribution is 5.44. The van der Waals surface area contributed by atoms with E-state index >= 15 is 0 Å². The van der Waals surface area contributed by atoms with Crippen molar-refractivity contribution in [3.63, 3.8) is 0 Å². The van der Waals surface area contributed by atoms with Gasteiger partial charge < -0.3 is 14.9 Å². The number of hydrogen-bond donors (Lipinski definition) is 2. The fourth-order valence-electron chi connectivity index (χ4n) is 3.51. The van der Waals surface area contributed by atoms with E-state index in [-0.39, 0.29) is 6.04 Å². The minimum atomic E-state index is -0.450. The normalized spacial score (nSPS) is 21.1. The van der Waals surface area contributed by atoms with Crippen molar-refractivity contribution in [3.8, 4) is 0 Å². The van der Waals surface area contributed by atoms with E-state index in [0.29, 0.717) is 6.54 Å². The number of nitrogens with one attached hydrogen (secondary N) is 1. The fourth-order valence-corrected chi connectivity index (χ4v) is 3.51. The van der Waals surface area contributed by atoms with Crippen molar-refractivity contribution in [2.24, 2.45) is 0 Å². The van der Waals surface area contributed by atoms with Crippen LogP contribution in [0.2, 0.25) is 0 Å². The monoisotopic (exact) mass is 359 g/mol. The molecule has 3 heterocycles. The molecular formula is C19H29N5O2. The fraction of sp³-hybridized carbons (Fsp3) is 0.632. The molecule has 0 saturated carbocycles. The van der Waals surface area contributed by atoms with E-state index in [1.165, 1.54) is 0 Å². The first-order chi connectivity index (χ1) is 12.5. The predicted molar refractivity (Wildman–Crippen MR) is 100 cm³/mol. The molecule has 1 saturated heterocycles. The maximum atomic E-state index is 10.7. The molecule has 3 rings (SSSR count). The lowest BCUT2D eigenvalue weighted by molar-refractivity contribution is 0.0557. The number of aliphatic hydroxyl groups excluding tert-OH is 1. The average molecular weight is 359 g/mol. The molecule has 2 aromatic heterocycles. The molecule has 0 aliphatic carbocycles. The molecule has 7 heteroatoms. The first-order valence-corrected chi connectivity index (χ1v) is 9.39. The summed E-state index contributed by atoms with van der Waals surface area (Å²) in [6.45, 7) is 10.2. The van der Waals surface area contributed by atoms with Crippen LogP contribution in [0.25, 0.3) is 0 Å². The van der Waals surface area contributed by atoms with E-state index in [1.807, 2.05) is 27.0 Å². The maximum absolute atomic E-state index is 10.7. The smallest absolute Gasteiger partial charge is 0.138 e. The summed E-state index contributed by atoms with van der Waals surface area (Å²) in [5.41, 5.74) is 3.17. The number of likely N-dealkylation sites (tertiary alicyclic amines) is 1. The second-order valence-corrected chi connectivity index (χ2v) is 7.19. The van der Waals surface area contributed by atoms with Gasteiger partial charge in [0.25, 0.3) is 0 Å². The minimum absolute atomic E-state index is 0.000764. The van der Waals surface area contributed by atoms with Gasteiger partial charge in [0.05, 0.1) is 17.8 Å². The Labute approximate surface area is 154 Å². The number of nitrogens with zero attached hydrogens (tertiary/aromatic N) is 4. The lowest BCUT2D eigenvalue weighted by atomic mass is 10.0. The number of aryl methyl sites for hydroxylation is 4. The highest BCUT2D eigenvalue weighted by Gasteiger charge is 2.29. The second kappa shape index (κ2) is 8.14. The van der Waals surface area contributed by atoms with Crippen LogP contribution in [-0.2, 0) is 13.0 Å². The van der Waals surface area contributed by atoms with Gasteiger partial charge in [0, 0.05) is 37.0 Å². The van der Waals surface area contributed by atoms with Crippen LogP contribution in [0.15, 0.2) is 10.7 Å². The third-order valence-electron chi connectivity index (χ3n) is 5.06. The number of piperidine rings is 1. The number of β-amino-alcohol motifs (C(OH)–C–C–N with tert-alkyl or cyclic N) is 1. The largest absolute Gasteiger partial charge is 0.390 e. The predicted octanol–water partition coefficient (Wildman–Crippen LogP) is 2.39. The Bertz CT molecular complexity index is 726. The van der Waals surface area contributed by atoms with Crippen LogP contribution in [0, 0.1) is 20.8 Å². The van der Waals surface area contributed by atoms with E-state index in [0.717, 1.165) is 66.6 Å². The van der Waals surface area contributed by atoms with Gasteiger partial charge in [-0.15, -0.1) is 0 Å². The van der Waals surface area contributed by atoms with Gasteiger partial charge in [-0.05, 0) is 33.6 Å². The SMILES string of the molecule is CCCc1cnc(C)nc1N[C@@H]1CCN(Cc2c(C)noc2C)C[C@H]1O. The number of aromatic nitrogens is 3. The molecule has 26 heavy (non-hydrogen) atoms. The summed E-state index contributed by atoms with van der Waals surface area (Å²) in [5, 5.41) is 18.2. The highest BCUT2D eigenvalue weighted by atomic mass is 16.5. The van der Waals surface area contributed by atoms with Gasteiger partial charge in [0.2, 0.25) is 0 Å². The Balaban J connectivity index is 1.64. The zero-order valence-electron chi connectivity index (χ0n) is 16.1. The molecule has 7 nitrogen and oxygen atoms in total. The van der Waals surface area contributed by atoms with Crippen LogP contribution >= 0.6 is 0 Å². The van der Waals surface area contributed by atoms with Crippen molar-refractivity contribution >= 4 is 5.82 Å². The summed E-state index contributed by atoms with van der Waals surface area (Å²) >= 11 is 0. The van der Waals surface area contributed by atoms with E-state index in [4.69, 9.17) is 4.52 Å². The maximum Gasteiger partial charge on any atom is 0.138 e. The van der Waals surface area contributed by atoms with Crippen molar-refractivity contribution in [3.05, 3.63) is 34.6 Å². The Morgan fingerprint density at radius 2 is 2.15 bits per heavy atom. The van der Waals surface area contributed by atoms with Gasteiger partial charge >= 0.3 is 0 Å². The number of aliphatic hydroxyl groups is 1. The Morgan fingerprint density at radius 1 is 1.35 bits per heavy atom. The molecule has 142 valence electrons. The number of hydrogen-bond acceptors (Lipinski definition) is 7. The van der Waals surface area contributed by atoms with Gasteiger partial charge in [0.15, 0.2) is 0 Å². The lowest BCUT2D eigenvalue weighted by Crippen LogP contribution is -2.49. The third kappa shape index (κ3) is 4.22. The van der Waals surface area contributed by atoms with Crippen LogP contribution in [0.4, 0.5) is 5.82 Å². The minimum Gasteiger partial charge on any atom is -0.390 e. The summed E-state index contributed by atoms with van der Waals surface area (Å²) in [5.74, 6) is 2.47. The zero-order chi connectivity index (χ0) is 18.7. The average Bonchev–Trinajstić information content (AvgIpc) is 2.92. The van der Waals surface area contributed by atoms with Crippen molar-refractivity contribution < 1.29 is 9.63 Å². The van der Waals surface area contributed by atoms with Gasteiger partial charge in [-0.25, -0.2) is 9.97 Å². The standard InChI is InChI=1S/C19H29N5O2/c1-5-6-15-9-20-14(4)21-19(15)22-17-7-8-24(11-18(17)25)10-16-12(2)23-26-13(16)3/h9,17-18,25H,5-8,10-11H2,1-4H3,(H,20,21,22)/t17-,18-/m1/s1. The van der Waals surface area contributed by atoms with Gasteiger partial charge in [0.1, 0.15) is 17.4 Å². The molecule has 1 aliphatic rings. The number of anilines is 1. The summed E-state index contributed by atoms with van der Waals surface area (Å²) in [6, 6.07) is 0.000764. The summed E-state index contributed by atoms with van der Waals surface area (Å²) in [7, 11) is 0.